The van der Waals surface area contributed by atoms with Crippen LogP contribution in [-0.2, 0) is 16.1 Å². The molecular weight excluding hydrogens is 294 g/mol. The Bertz CT molecular complexity index is 524. The van der Waals surface area contributed by atoms with Crippen LogP contribution >= 0.6 is 0 Å². The van der Waals surface area contributed by atoms with Crippen LogP contribution in [0.5, 0.6) is 5.88 Å². The molecule has 128 valence electrons. The fourth-order valence-electron chi connectivity index (χ4n) is 1.82. The highest BCUT2D eigenvalue weighted by Crippen LogP contribution is 2.14. The number of pyridine rings is 1. The van der Waals surface area contributed by atoms with Crippen LogP contribution in [0.1, 0.15) is 46.1 Å². The average molecular weight is 321 g/mol. The van der Waals surface area contributed by atoms with Crippen molar-refractivity contribution >= 4 is 11.8 Å². The van der Waals surface area contributed by atoms with E-state index in [4.69, 9.17) is 4.74 Å². The molecule has 1 rings (SSSR count). The van der Waals surface area contributed by atoms with Gasteiger partial charge in [-0.05, 0) is 19.4 Å². The Hall–Kier alpha value is -2.11. The number of hydrogen-bond acceptors (Lipinski definition) is 4. The van der Waals surface area contributed by atoms with Crippen molar-refractivity contribution in [1.82, 2.24) is 15.6 Å². The fraction of sp³-hybridized carbons (Fsp3) is 0.588. The van der Waals surface area contributed by atoms with E-state index in [9.17, 15) is 9.59 Å². The van der Waals surface area contributed by atoms with E-state index >= 15 is 0 Å². The van der Waals surface area contributed by atoms with Gasteiger partial charge in [-0.25, -0.2) is 4.98 Å². The molecule has 0 atom stereocenters. The Morgan fingerprint density at radius 3 is 2.65 bits per heavy atom. The van der Waals surface area contributed by atoms with Gasteiger partial charge in [-0.1, -0.05) is 26.8 Å². The van der Waals surface area contributed by atoms with E-state index in [1.54, 1.807) is 6.20 Å². The van der Waals surface area contributed by atoms with Gasteiger partial charge in [0, 0.05) is 36.7 Å². The second-order valence-corrected chi connectivity index (χ2v) is 6.29. The minimum Gasteiger partial charge on any atom is -0.478 e. The van der Waals surface area contributed by atoms with Crippen LogP contribution in [0, 0.1) is 5.41 Å². The minimum absolute atomic E-state index is 0.00498. The molecule has 0 bridgehead atoms. The highest BCUT2D eigenvalue weighted by atomic mass is 16.5. The van der Waals surface area contributed by atoms with Crippen molar-refractivity contribution in [3.63, 3.8) is 0 Å². The fourth-order valence-corrected chi connectivity index (χ4v) is 1.82. The molecule has 0 saturated heterocycles. The molecule has 23 heavy (non-hydrogen) atoms. The first-order chi connectivity index (χ1) is 10.8. The van der Waals surface area contributed by atoms with Crippen molar-refractivity contribution in [1.29, 1.82) is 0 Å². The molecule has 1 aromatic heterocycles. The number of aromatic nitrogens is 1. The summed E-state index contributed by atoms with van der Waals surface area (Å²) in [6.07, 6.45) is 2.64. The SMILES string of the molecule is CCOc1ncccc1CNC(=O)CCCNC(=O)C(C)(C)C. The Labute approximate surface area is 138 Å². The lowest BCUT2D eigenvalue weighted by Crippen LogP contribution is -2.35. The van der Waals surface area contributed by atoms with Crippen LogP contribution in [0.3, 0.4) is 0 Å². The molecule has 0 fully saturated rings. The average Bonchev–Trinajstić information content (AvgIpc) is 2.50. The highest BCUT2D eigenvalue weighted by molar-refractivity contribution is 5.81. The maximum atomic E-state index is 11.8. The zero-order chi connectivity index (χ0) is 17.3. The quantitative estimate of drug-likeness (QED) is 0.718. The van der Waals surface area contributed by atoms with Crippen LogP contribution in [0.2, 0.25) is 0 Å². The van der Waals surface area contributed by atoms with Crippen molar-refractivity contribution in [2.75, 3.05) is 13.2 Å². The van der Waals surface area contributed by atoms with E-state index in [0.29, 0.717) is 38.4 Å². The third-order valence-corrected chi connectivity index (χ3v) is 3.15. The van der Waals surface area contributed by atoms with E-state index in [-0.39, 0.29) is 11.8 Å². The molecule has 0 unspecified atom stereocenters. The lowest BCUT2D eigenvalue weighted by Gasteiger charge is -2.17. The highest BCUT2D eigenvalue weighted by Gasteiger charge is 2.20. The van der Waals surface area contributed by atoms with Gasteiger partial charge in [0.05, 0.1) is 6.61 Å². The lowest BCUT2D eigenvalue weighted by molar-refractivity contribution is -0.128. The summed E-state index contributed by atoms with van der Waals surface area (Å²) in [5.74, 6) is 0.490. The van der Waals surface area contributed by atoms with E-state index in [0.717, 1.165) is 5.56 Å². The first kappa shape index (κ1) is 18.9. The summed E-state index contributed by atoms with van der Waals surface area (Å²) in [6.45, 7) is 8.89. The van der Waals surface area contributed by atoms with Crippen LogP contribution < -0.4 is 15.4 Å². The van der Waals surface area contributed by atoms with Gasteiger partial charge in [-0.3, -0.25) is 9.59 Å². The molecule has 6 heteroatoms. The summed E-state index contributed by atoms with van der Waals surface area (Å²) < 4.78 is 5.42. The molecule has 1 aromatic rings. The number of rotatable bonds is 8. The van der Waals surface area contributed by atoms with Crippen molar-refractivity contribution < 1.29 is 14.3 Å². The molecule has 6 nitrogen and oxygen atoms in total. The molecule has 2 N–H and O–H groups in total. The first-order valence-electron chi connectivity index (χ1n) is 7.96. The van der Waals surface area contributed by atoms with Crippen molar-refractivity contribution in [3.8, 4) is 5.88 Å². The zero-order valence-electron chi connectivity index (χ0n) is 14.4. The van der Waals surface area contributed by atoms with Gasteiger partial charge in [0.2, 0.25) is 17.7 Å². The van der Waals surface area contributed by atoms with Crippen LogP contribution in [0.15, 0.2) is 18.3 Å². The molecular formula is C17H27N3O3. The number of carbonyl (C=O) groups excluding carboxylic acids is 2. The third kappa shape index (κ3) is 7.13. The second kappa shape index (κ2) is 9.12. The van der Waals surface area contributed by atoms with E-state index in [1.165, 1.54) is 0 Å². The minimum atomic E-state index is -0.405. The number of ether oxygens (including phenoxy) is 1. The second-order valence-electron chi connectivity index (χ2n) is 6.29. The van der Waals surface area contributed by atoms with Crippen molar-refractivity contribution in [2.45, 2.75) is 47.1 Å². The Balaban J connectivity index is 2.29. The zero-order valence-corrected chi connectivity index (χ0v) is 14.4. The van der Waals surface area contributed by atoms with Gasteiger partial charge in [0.25, 0.3) is 0 Å². The standard InChI is InChI=1S/C17H27N3O3/c1-5-23-15-13(8-6-10-18-15)12-20-14(21)9-7-11-19-16(22)17(2,3)4/h6,8,10H,5,7,9,11-12H2,1-4H3,(H,19,22)(H,20,21). The molecule has 0 spiro atoms. The smallest absolute Gasteiger partial charge is 0.225 e. The number of carbonyl (C=O) groups is 2. The molecule has 1 heterocycles. The van der Waals surface area contributed by atoms with Crippen LogP contribution in [-0.4, -0.2) is 29.9 Å². The lowest BCUT2D eigenvalue weighted by atomic mass is 9.96. The van der Waals surface area contributed by atoms with Gasteiger partial charge in [0.15, 0.2) is 0 Å². The molecule has 0 aromatic carbocycles. The summed E-state index contributed by atoms with van der Waals surface area (Å²) in [5, 5.41) is 5.67. The monoisotopic (exact) mass is 321 g/mol. The number of nitrogens with zero attached hydrogens (tertiary/aromatic N) is 1. The topological polar surface area (TPSA) is 80.3 Å². The van der Waals surface area contributed by atoms with Crippen molar-refractivity contribution in [3.05, 3.63) is 23.9 Å². The van der Waals surface area contributed by atoms with Gasteiger partial charge in [0.1, 0.15) is 0 Å². The molecule has 0 aliphatic carbocycles. The van der Waals surface area contributed by atoms with Crippen LogP contribution in [0.25, 0.3) is 0 Å². The Morgan fingerprint density at radius 2 is 2.00 bits per heavy atom. The number of amides is 2. The predicted octanol–water partition coefficient (Wildman–Crippen LogP) is 2.04. The molecule has 0 aliphatic rings. The predicted molar refractivity (Wildman–Crippen MR) is 89.0 cm³/mol. The Kier molecular flexibility index (Phi) is 7.51. The van der Waals surface area contributed by atoms with Crippen LogP contribution in [0.4, 0.5) is 0 Å². The first-order valence-corrected chi connectivity index (χ1v) is 7.96. The van der Waals surface area contributed by atoms with E-state index in [1.807, 2.05) is 39.8 Å². The summed E-state index contributed by atoms with van der Waals surface area (Å²) in [5.41, 5.74) is 0.446. The molecule has 2 amide bonds. The van der Waals surface area contributed by atoms with Gasteiger partial charge >= 0.3 is 0 Å². The maximum absolute atomic E-state index is 11.8. The summed E-state index contributed by atoms with van der Waals surface area (Å²) in [4.78, 5) is 27.7. The summed E-state index contributed by atoms with van der Waals surface area (Å²) in [6, 6.07) is 3.69. The molecule has 0 aliphatic heterocycles. The third-order valence-electron chi connectivity index (χ3n) is 3.15. The number of hydrogen-bond donors (Lipinski definition) is 2. The number of nitrogens with one attached hydrogen (secondary N) is 2. The normalized spacial score (nSPS) is 11.0. The largest absolute Gasteiger partial charge is 0.478 e. The molecule has 0 saturated carbocycles. The summed E-state index contributed by atoms with van der Waals surface area (Å²) in [7, 11) is 0. The Morgan fingerprint density at radius 1 is 1.26 bits per heavy atom. The van der Waals surface area contributed by atoms with Gasteiger partial charge < -0.3 is 15.4 Å². The maximum Gasteiger partial charge on any atom is 0.225 e. The van der Waals surface area contributed by atoms with Gasteiger partial charge in [-0.15, -0.1) is 0 Å². The van der Waals surface area contributed by atoms with E-state index < -0.39 is 5.41 Å². The van der Waals surface area contributed by atoms with E-state index in [2.05, 4.69) is 15.6 Å². The van der Waals surface area contributed by atoms with Gasteiger partial charge in [-0.2, -0.15) is 0 Å². The molecule has 0 radical (unpaired) electrons. The summed E-state index contributed by atoms with van der Waals surface area (Å²) >= 11 is 0. The van der Waals surface area contributed by atoms with Crippen molar-refractivity contribution in [2.24, 2.45) is 5.41 Å².